The highest BCUT2D eigenvalue weighted by molar-refractivity contribution is 5.79. The number of carbonyl (C=O) groups is 1. The number of ether oxygens (including phenoxy) is 1. The van der Waals surface area contributed by atoms with E-state index in [0.717, 1.165) is 6.42 Å². The molecule has 0 bridgehead atoms. The number of fused-ring (bicyclic) bond motifs is 1. The molecule has 1 heterocycles. The van der Waals surface area contributed by atoms with Gasteiger partial charge in [-0.1, -0.05) is 23.8 Å². The first-order chi connectivity index (χ1) is 11.0. The molecule has 0 saturated carbocycles. The SMILES string of the molecule is CCOCC1c2cc(C)ccc2CCN1C(=O)CNC[C@@H](C)O. The van der Waals surface area contributed by atoms with Crippen molar-refractivity contribution in [1.29, 1.82) is 0 Å². The minimum atomic E-state index is -0.452. The number of hydrogen-bond donors (Lipinski definition) is 2. The first-order valence-electron chi connectivity index (χ1n) is 8.38. The van der Waals surface area contributed by atoms with Crippen molar-refractivity contribution in [3.63, 3.8) is 0 Å². The highest BCUT2D eigenvalue weighted by Gasteiger charge is 2.30. The highest BCUT2D eigenvalue weighted by Crippen LogP contribution is 2.30. The zero-order valence-corrected chi connectivity index (χ0v) is 14.3. The Kier molecular flexibility index (Phi) is 6.57. The number of nitrogens with one attached hydrogen (secondary N) is 1. The van der Waals surface area contributed by atoms with E-state index in [9.17, 15) is 9.90 Å². The Morgan fingerprint density at radius 2 is 2.30 bits per heavy atom. The smallest absolute Gasteiger partial charge is 0.237 e. The monoisotopic (exact) mass is 320 g/mol. The van der Waals surface area contributed by atoms with Crippen LogP contribution in [-0.2, 0) is 16.0 Å². The second kappa shape index (κ2) is 8.43. The van der Waals surface area contributed by atoms with Crippen LogP contribution in [0, 0.1) is 6.92 Å². The Hall–Kier alpha value is -1.43. The van der Waals surface area contributed by atoms with Gasteiger partial charge in [0.25, 0.3) is 0 Å². The summed E-state index contributed by atoms with van der Waals surface area (Å²) in [7, 11) is 0. The molecule has 1 aromatic rings. The minimum absolute atomic E-state index is 0.0283. The van der Waals surface area contributed by atoms with Crippen LogP contribution in [0.4, 0.5) is 0 Å². The molecule has 0 aliphatic carbocycles. The molecule has 1 unspecified atom stereocenters. The van der Waals surface area contributed by atoms with E-state index in [1.54, 1.807) is 6.92 Å². The summed E-state index contributed by atoms with van der Waals surface area (Å²) in [6.45, 7) is 8.28. The van der Waals surface area contributed by atoms with Crippen molar-refractivity contribution in [2.45, 2.75) is 39.3 Å². The molecular formula is C18H28N2O3. The lowest BCUT2D eigenvalue weighted by molar-refractivity contribution is -0.134. The van der Waals surface area contributed by atoms with Gasteiger partial charge in [-0.05, 0) is 38.3 Å². The Morgan fingerprint density at radius 1 is 1.52 bits per heavy atom. The number of rotatable bonds is 7. The van der Waals surface area contributed by atoms with Gasteiger partial charge < -0.3 is 20.1 Å². The van der Waals surface area contributed by atoms with Crippen molar-refractivity contribution in [2.75, 3.05) is 32.8 Å². The maximum atomic E-state index is 12.6. The first-order valence-corrected chi connectivity index (χ1v) is 8.38. The summed E-state index contributed by atoms with van der Waals surface area (Å²) in [6, 6.07) is 6.43. The molecule has 1 aliphatic heterocycles. The molecule has 0 fully saturated rings. The predicted molar refractivity (Wildman–Crippen MR) is 90.4 cm³/mol. The molecule has 0 saturated heterocycles. The second-order valence-corrected chi connectivity index (χ2v) is 6.19. The van der Waals surface area contributed by atoms with Crippen LogP contribution in [-0.4, -0.2) is 54.9 Å². The molecule has 1 aliphatic rings. The van der Waals surface area contributed by atoms with Crippen molar-refractivity contribution in [1.82, 2.24) is 10.2 Å². The third kappa shape index (κ3) is 4.77. The van der Waals surface area contributed by atoms with E-state index < -0.39 is 6.10 Å². The number of aliphatic hydroxyl groups excluding tert-OH is 1. The van der Waals surface area contributed by atoms with Crippen molar-refractivity contribution in [3.8, 4) is 0 Å². The Morgan fingerprint density at radius 3 is 3.00 bits per heavy atom. The van der Waals surface area contributed by atoms with Crippen LogP contribution in [0.2, 0.25) is 0 Å². The molecule has 2 atom stereocenters. The molecule has 1 aromatic carbocycles. The number of nitrogens with zero attached hydrogens (tertiary/aromatic N) is 1. The molecular weight excluding hydrogens is 292 g/mol. The summed E-state index contributed by atoms with van der Waals surface area (Å²) >= 11 is 0. The predicted octanol–water partition coefficient (Wildman–Crippen LogP) is 1.43. The number of benzene rings is 1. The number of amides is 1. The van der Waals surface area contributed by atoms with Crippen molar-refractivity contribution < 1.29 is 14.6 Å². The van der Waals surface area contributed by atoms with Crippen LogP contribution in [0.5, 0.6) is 0 Å². The molecule has 23 heavy (non-hydrogen) atoms. The molecule has 5 heteroatoms. The average Bonchev–Trinajstić information content (AvgIpc) is 2.51. The molecule has 0 radical (unpaired) electrons. The van der Waals surface area contributed by atoms with Gasteiger partial charge in [-0.2, -0.15) is 0 Å². The maximum absolute atomic E-state index is 12.6. The quantitative estimate of drug-likeness (QED) is 0.798. The minimum Gasteiger partial charge on any atom is -0.392 e. The molecule has 2 N–H and O–H groups in total. The van der Waals surface area contributed by atoms with Crippen LogP contribution in [0.3, 0.4) is 0 Å². The first kappa shape index (κ1) is 17.9. The van der Waals surface area contributed by atoms with Crippen LogP contribution < -0.4 is 5.32 Å². The third-order valence-corrected chi connectivity index (χ3v) is 4.17. The summed E-state index contributed by atoms with van der Waals surface area (Å²) in [6.07, 6.45) is 0.423. The molecule has 128 valence electrons. The summed E-state index contributed by atoms with van der Waals surface area (Å²) in [5.41, 5.74) is 3.71. The number of aryl methyl sites for hydroxylation is 1. The van der Waals surface area contributed by atoms with Crippen molar-refractivity contribution in [2.24, 2.45) is 0 Å². The van der Waals surface area contributed by atoms with Crippen LogP contribution in [0.1, 0.15) is 36.6 Å². The molecule has 0 spiro atoms. The Balaban J connectivity index is 2.13. The van der Waals surface area contributed by atoms with E-state index in [1.165, 1.54) is 16.7 Å². The van der Waals surface area contributed by atoms with Gasteiger partial charge in [0.1, 0.15) is 0 Å². The van der Waals surface area contributed by atoms with Crippen molar-refractivity contribution >= 4 is 5.91 Å². The van der Waals surface area contributed by atoms with Crippen LogP contribution in [0.15, 0.2) is 18.2 Å². The molecule has 2 rings (SSSR count). The topological polar surface area (TPSA) is 61.8 Å². The van der Waals surface area contributed by atoms with Gasteiger partial charge in [-0.25, -0.2) is 0 Å². The largest absolute Gasteiger partial charge is 0.392 e. The van der Waals surface area contributed by atoms with E-state index in [0.29, 0.717) is 26.3 Å². The maximum Gasteiger partial charge on any atom is 0.237 e. The average molecular weight is 320 g/mol. The summed E-state index contributed by atoms with van der Waals surface area (Å²) in [4.78, 5) is 14.5. The van der Waals surface area contributed by atoms with E-state index >= 15 is 0 Å². The van der Waals surface area contributed by atoms with Gasteiger partial charge in [-0.15, -0.1) is 0 Å². The van der Waals surface area contributed by atoms with Gasteiger partial charge in [0.15, 0.2) is 0 Å². The lowest BCUT2D eigenvalue weighted by atomic mass is 9.91. The van der Waals surface area contributed by atoms with Gasteiger partial charge in [0.05, 0.1) is 25.3 Å². The summed E-state index contributed by atoms with van der Waals surface area (Å²) < 4.78 is 5.64. The summed E-state index contributed by atoms with van der Waals surface area (Å²) in [5.74, 6) is 0.0579. The Bertz CT molecular complexity index is 531. The lowest BCUT2D eigenvalue weighted by Crippen LogP contribution is -2.46. The number of carbonyl (C=O) groups excluding carboxylic acids is 1. The zero-order valence-electron chi connectivity index (χ0n) is 14.3. The van der Waals surface area contributed by atoms with E-state index in [4.69, 9.17) is 4.74 Å². The fourth-order valence-electron chi connectivity index (χ4n) is 3.01. The normalized spacial score (nSPS) is 18.6. The second-order valence-electron chi connectivity index (χ2n) is 6.19. The third-order valence-electron chi connectivity index (χ3n) is 4.17. The van der Waals surface area contributed by atoms with Gasteiger partial charge in [0, 0.05) is 19.7 Å². The molecule has 5 nitrogen and oxygen atoms in total. The molecule has 1 amide bonds. The lowest BCUT2D eigenvalue weighted by Gasteiger charge is -2.37. The van der Waals surface area contributed by atoms with Crippen LogP contribution >= 0.6 is 0 Å². The zero-order chi connectivity index (χ0) is 16.8. The number of hydrogen-bond acceptors (Lipinski definition) is 4. The summed E-state index contributed by atoms with van der Waals surface area (Å²) in [5, 5.41) is 12.3. The molecule has 0 aromatic heterocycles. The fraction of sp³-hybridized carbons (Fsp3) is 0.611. The fourth-order valence-corrected chi connectivity index (χ4v) is 3.01. The Labute approximate surface area is 138 Å². The highest BCUT2D eigenvalue weighted by atomic mass is 16.5. The number of aliphatic hydroxyl groups is 1. The van der Waals surface area contributed by atoms with Crippen molar-refractivity contribution in [3.05, 3.63) is 34.9 Å². The van der Waals surface area contributed by atoms with Gasteiger partial charge >= 0.3 is 0 Å². The standard InChI is InChI=1S/C18H28N2O3/c1-4-23-12-17-16-9-13(2)5-6-15(16)7-8-20(17)18(22)11-19-10-14(3)21/h5-6,9,14,17,19,21H,4,7-8,10-12H2,1-3H3/t14-,17?/m1/s1. The van der Waals surface area contributed by atoms with E-state index in [-0.39, 0.29) is 18.5 Å². The van der Waals surface area contributed by atoms with E-state index in [1.807, 2.05) is 11.8 Å². The van der Waals surface area contributed by atoms with Gasteiger partial charge in [0.2, 0.25) is 5.91 Å². The van der Waals surface area contributed by atoms with Crippen LogP contribution in [0.25, 0.3) is 0 Å². The van der Waals surface area contributed by atoms with Gasteiger partial charge in [-0.3, -0.25) is 4.79 Å². The van der Waals surface area contributed by atoms with E-state index in [2.05, 4.69) is 30.4 Å².